The van der Waals surface area contributed by atoms with Crippen LogP contribution in [0.25, 0.3) is 0 Å². The summed E-state index contributed by atoms with van der Waals surface area (Å²) < 4.78 is 5.86. The van der Waals surface area contributed by atoms with Gasteiger partial charge in [-0.1, -0.05) is 0 Å². The van der Waals surface area contributed by atoms with Gasteiger partial charge in [-0.2, -0.15) is 0 Å². The maximum Gasteiger partial charge on any atom is 0.326 e. The molecule has 0 radical (unpaired) electrons. The van der Waals surface area contributed by atoms with E-state index in [0.29, 0.717) is 8.95 Å². The van der Waals surface area contributed by atoms with E-state index in [0.717, 1.165) is 0 Å². The van der Waals surface area contributed by atoms with Crippen LogP contribution in [0.4, 0.5) is 5.69 Å². The van der Waals surface area contributed by atoms with E-state index in [4.69, 9.17) is 4.74 Å². The highest BCUT2D eigenvalue weighted by Crippen LogP contribution is 2.39. The number of hydrogen-bond donors (Lipinski definition) is 0. The van der Waals surface area contributed by atoms with Crippen LogP contribution in [0.1, 0.15) is 0 Å². The summed E-state index contributed by atoms with van der Waals surface area (Å²) in [6, 6.07) is 3.26. The minimum atomic E-state index is -0.492. The molecule has 0 aliphatic carbocycles. The zero-order chi connectivity index (χ0) is 10.0. The molecule has 0 saturated heterocycles. The van der Waals surface area contributed by atoms with Crippen LogP contribution >= 0.6 is 31.9 Å². The van der Waals surface area contributed by atoms with E-state index in [2.05, 4.69) is 31.9 Å². The Labute approximate surface area is 91.3 Å². The number of methoxy groups -OCH3 is 1. The molecular formula is C7H5Br2NO3. The summed E-state index contributed by atoms with van der Waals surface area (Å²) in [6.45, 7) is 0. The lowest BCUT2D eigenvalue weighted by Crippen LogP contribution is -1.95. The van der Waals surface area contributed by atoms with Gasteiger partial charge >= 0.3 is 5.69 Å². The van der Waals surface area contributed by atoms with Gasteiger partial charge in [-0.15, -0.1) is 0 Å². The molecule has 0 unspecified atom stereocenters. The van der Waals surface area contributed by atoms with Crippen LogP contribution in [0.5, 0.6) is 5.75 Å². The summed E-state index contributed by atoms with van der Waals surface area (Å²) in [7, 11) is 1.39. The van der Waals surface area contributed by atoms with Gasteiger partial charge in [-0.05, 0) is 44.0 Å². The number of halogens is 2. The normalized spacial score (nSPS) is 9.77. The molecule has 0 saturated carbocycles. The molecule has 0 aliphatic rings. The zero-order valence-corrected chi connectivity index (χ0v) is 9.75. The fourth-order valence-corrected chi connectivity index (χ4v) is 1.83. The minimum absolute atomic E-state index is 0.0723. The molecule has 4 nitrogen and oxygen atoms in total. The molecular weight excluding hydrogens is 306 g/mol. The first kappa shape index (κ1) is 10.5. The van der Waals surface area contributed by atoms with Crippen molar-refractivity contribution in [1.82, 2.24) is 0 Å². The summed E-state index contributed by atoms with van der Waals surface area (Å²) in [5.74, 6) is 0.222. The monoisotopic (exact) mass is 309 g/mol. The van der Waals surface area contributed by atoms with Gasteiger partial charge in [0.2, 0.25) is 5.75 Å². The molecule has 0 fully saturated rings. The molecule has 0 spiro atoms. The highest BCUT2D eigenvalue weighted by atomic mass is 79.9. The lowest BCUT2D eigenvalue weighted by atomic mass is 10.3. The standard InChI is InChI=1S/C7H5Br2NO3/c1-13-7-5(9)3-2-4(8)6(7)10(11)12/h2-3H,1H3. The van der Waals surface area contributed by atoms with E-state index in [1.807, 2.05) is 0 Å². The molecule has 1 aromatic rings. The number of hydrogen-bond acceptors (Lipinski definition) is 3. The third kappa shape index (κ3) is 2.00. The fraction of sp³-hybridized carbons (Fsp3) is 0.143. The van der Waals surface area contributed by atoms with E-state index in [1.54, 1.807) is 12.1 Å². The summed E-state index contributed by atoms with van der Waals surface area (Å²) in [5, 5.41) is 10.6. The van der Waals surface area contributed by atoms with E-state index in [1.165, 1.54) is 7.11 Å². The molecule has 13 heavy (non-hydrogen) atoms. The van der Waals surface area contributed by atoms with Crippen LogP contribution < -0.4 is 4.74 Å². The Morgan fingerprint density at radius 1 is 1.38 bits per heavy atom. The van der Waals surface area contributed by atoms with Gasteiger partial charge < -0.3 is 4.74 Å². The van der Waals surface area contributed by atoms with Crippen LogP contribution in [0.3, 0.4) is 0 Å². The maximum atomic E-state index is 10.6. The van der Waals surface area contributed by atoms with Gasteiger partial charge in [0.1, 0.15) is 0 Å². The quantitative estimate of drug-likeness (QED) is 0.623. The van der Waals surface area contributed by atoms with Crippen LogP contribution in [0.15, 0.2) is 21.1 Å². The Morgan fingerprint density at radius 2 is 1.92 bits per heavy atom. The number of rotatable bonds is 2. The highest BCUT2D eigenvalue weighted by Gasteiger charge is 2.21. The molecule has 1 rings (SSSR count). The lowest BCUT2D eigenvalue weighted by Gasteiger charge is -2.04. The molecule has 0 heterocycles. The number of nitro groups is 1. The van der Waals surface area contributed by atoms with Crippen LogP contribution in [0.2, 0.25) is 0 Å². The third-order valence-corrected chi connectivity index (χ3v) is 2.69. The van der Waals surface area contributed by atoms with E-state index in [9.17, 15) is 10.1 Å². The maximum absolute atomic E-state index is 10.6. The summed E-state index contributed by atoms with van der Waals surface area (Å²) in [5.41, 5.74) is -0.0723. The first-order chi connectivity index (χ1) is 6.07. The lowest BCUT2D eigenvalue weighted by molar-refractivity contribution is -0.386. The second-order valence-corrected chi connectivity index (χ2v) is 3.88. The summed E-state index contributed by atoms with van der Waals surface area (Å²) in [6.07, 6.45) is 0. The fourth-order valence-electron chi connectivity index (χ4n) is 0.887. The van der Waals surface area contributed by atoms with Crippen molar-refractivity contribution in [2.45, 2.75) is 0 Å². The predicted molar refractivity (Wildman–Crippen MR) is 55.0 cm³/mol. The van der Waals surface area contributed by atoms with E-state index >= 15 is 0 Å². The van der Waals surface area contributed by atoms with E-state index < -0.39 is 4.92 Å². The highest BCUT2D eigenvalue weighted by molar-refractivity contribution is 9.11. The number of benzene rings is 1. The Bertz CT molecular complexity index is 354. The van der Waals surface area contributed by atoms with Crippen molar-refractivity contribution < 1.29 is 9.66 Å². The number of nitro benzene ring substituents is 1. The van der Waals surface area contributed by atoms with Gasteiger partial charge in [-0.3, -0.25) is 10.1 Å². The minimum Gasteiger partial charge on any atom is -0.489 e. The summed E-state index contributed by atoms with van der Waals surface area (Å²) >= 11 is 6.24. The van der Waals surface area contributed by atoms with Crippen LogP contribution in [-0.2, 0) is 0 Å². The first-order valence-corrected chi connectivity index (χ1v) is 4.83. The SMILES string of the molecule is COc1c(Br)ccc(Br)c1[N+](=O)[O-]. The molecule has 0 bridgehead atoms. The van der Waals surface area contributed by atoms with Gasteiger partial charge in [0, 0.05) is 0 Å². The molecule has 0 aliphatic heterocycles. The molecule has 0 atom stereocenters. The van der Waals surface area contributed by atoms with Gasteiger partial charge in [0.25, 0.3) is 0 Å². The molecule has 0 aromatic heterocycles. The van der Waals surface area contributed by atoms with Crippen molar-refractivity contribution in [1.29, 1.82) is 0 Å². The third-order valence-electron chi connectivity index (χ3n) is 1.42. The van der Waals surface area contributed by atoms with Gasteiger partial charge in [-0.25, -0.2) is 0 Å². The average Bonchev–Trinajstić information content (AvgIpc) is 2.07. The predicted octanol–water partition coefficient (Wildman–Crippen LogP) is 3.13. The Balaban J connectivity index is 3.43. The second-order valence-electron chi connectivity index (χ2n) is 2.17. The molecule has 70 valence electrons. The van der Waals surface area contributed by atoms with Gasteiger partial charge in [0.15, 0.2) is 0 Å². The molecule has 6 heteroatoms. The largest absolute Gasteiger partial charge is 0.489 e. The van der Waals surface area contributed by atoms with Crippen molar-refractivity contribution in [2.75, 3.05) is 7.11 Å². The molecule has 1 aromatic carbocycles. The number of nitrogens with zero attached hydrogens (tertiary/aromatic N) is 1. The van der Waals surface area contributed by atoms with Crippen LogP contribution in [0, 0.1) is 10.1 Å². The zero-order valence-electron chi connectivity index (χ0n) is 6.58. The van der Waals surface area contributed by atoms with Gasteiger partial charge in [0.05, 0.1) is 21.0 Å². The Hall–Kier alpha value is -0.620. The smallest absolute Gasteiger partial charge is 0.326 e. The van der Waals surface area contributed by atoms with Crippen molar-refractivity contribution in [2.24, 2.45) is 0 Å². The second kappa shape index (κ2) is 4.06. The average molecular weight is 311 g/mol. The molecule has 0 amide bonds. The van der Waals surface area contributed by atoms with Crippen LogP contribution in [-0.4, -0.2) is 12.0 Å². The topological polar surface area (TPSA) is 52.4 Å². The Kier molecular flexibility index (Phi) is 3.27. The Morgan fingerprint density at radius 3 is 2.31 bits per heavy atom. The van der Waals surface area contributed by atoms with Crippen molar-refractivity contribution >= 4 is 37.5 Å². The first-order valence-electron chi connectivity index (χ1n) is 3.24. The molecule has 0 N–H and O–H groups in total. The van der Waals surface area contributed by atoms with Crippen molar-refractivity contribution in [3.8, 4) is 5.75 Å². The number of ether oxygens (including phenoxy) is 1. The van der Waals surface area contributed by atoms with Crippen molar-refractivity contribution in [3.05, 3.63) is 31.2 Å². The van der Waals surface area contributed by atoms with Crippen molar-refractivity contribution in [3.63, 3.8) is 0 Å². The van der Waals surface area contributed by atoms with E-state index in [-0.39, 0.29) is 11.4 Å². The summed E-state index contributed by atoms with van der Waals surface area (Å²) in [4.78, 5) is 10.1.